The van der Waals surface area contributed by atoms with Crippen LogP contribution in [0.5, 0.6) is 5.75 Å². The van der Waals surface area contributed by atoms with Crippen LogP contribution < -0.4 is 4.74 Å². The van der Waals surface area contributed by atoms with E-state index in [9.17, 15) is 13.2 Å². The molecule has 0 amide bonds. The van der Waals surface area contributed by atoms with Crippen molar-refractivity contribution in [3.05, 3.63) is 64.5 Å². The molecule has 0 unspecified atom stereocenters. The van der Waals surface area contributed by atoms with Gasteiger partial charge in [-0.1, -0.05) is 31.5 Å². The Balaban J connectivity index is 1.53. The van der Waals surface area contributed by atoms with Crippen LogP contribution in [-0.4, -0.2) is 6.61 Å². The summed E-state index contributed by atoms with van der Waals surface area (Å²) in [5.74, 6) is -1.13. The maximum absolute atomic E-state index is 14.5. The smallest absolute Gasteiger partial charge is 0.200 e. The summed E-state index contributed by atoms with van der Waals surface area (Å²) < 4.78 is 47.9. The highest BCUT2D eigenvalue weighted by Crippen LogP contribution is 2.40. The monoisotopic (exact) mass is 404 g/mol. The lowest BCUT2D eigenvalue weighted by molar-refractivity contribution is 0.297. The molecule has 29 heavy (non-hydrogen) atoms. The third-order valence-electron chi connectivity index (χ3n) is 6.14. The molecule has 1 aliphatic rings. The summed E-state index contributed by atoms with van der Waals surface area (Å²) in [5, 5.41) is 0. The van der Waals surface area contributed by atoms with Gasteiger partial charge in [0, 0.05) is 0 Å². The highest BCUT2D eigenvalue weighted by molar-refractivity contribution is 5.33. The molecular weight excluding hydrogens is 373 g/mol. The van der Waals surface area contributed by atoms with Gasteiger partial charge in [-0.05, 0) is 92.5 Å². The third-order valence-corrected chi connectivity index (χ3v) is 6.14. The Bertz CT molecular complexity index is 810. The molecule has 1 fully saturated rings. The molecule has 0 spiro atoms. The largest absolute Gasteiger partial charge is 0.491 e. The standard InChI is InChI=1S/C25H31F3O/c1-3-5-20-13-10-18(16-22(20)26)7-6-17-8-11-19(12-9-17)21-14-15-23(29-4-2)25(28)24(21)27/h10,13-17,19H,3-9,11-12H2,1-2H3. The zero-order valence-electron chi connectivity index (χ0n) is 17.4. The molecule has 158 valence electrons. The lowest BCUT2D eigenvalue weighted by Crippen LogP contribution is -2.15. The number of ether oxygens (including phenoxy) is 1. The molecule has 0 N–H and O–H groups in total. The maximum atomic E-state index is 14.5. The van der Waals surface area contributed by atoms with Crippen LogP contribution in [0.2, 0.25) is 0 Å². The van der Waals surface area contributed by atoms with Gasteiger partial charge in [0.05, 0.1) is 6.61 Å². The van der Waals surface area contributed by atoms with Crippen molar-refractivity contribution >= 4 is 0 Å². The van der Waals surface area contributed by atoms with Gasteiger partial charge in [0.25, 0.3) is 0 Å². The minimum absolute atomic E-state index is 0.0142. The Labute approximate surface area is 172 Å². The quantitative estimate of drug-likeness (QED) is 0.446. The highest BCUT2D eigenvalue weighted by Gasteiger charge is 2.26. The molecule has 2 aromatic rings. The van der Waals surface area contributed by atoms with Crippen LogP contribution in [0.25, 0.3) is 0 Å². The fourth-order valence-corrected chi connectivity index (χ4v) is 4.48. The van der Waals surface area contributed by atoms with E-state index in [1.54, 1.807) is 25.1 Å². The van der Waals surface area contributed by atoms with Crippen LogP contribution in [0.15, 0.2) is 30.3 Å². The topological polar surface area (TPSA) is 9.23 Å². The Hall–Kier alpha value is -1.97. The fraction of sp³-hybridized carbons (Fsp3) is 0.520. The van der Waals surface area contributed by atoms with Crippen molar-refractivity contribution in [1.82, 2.24) is 0 Å². The SMILES string of the molecule is CCCc1ccc(CCC2CCC(c3ccc(OCC)c(F)c3F)CC2)cc1F. The van der Waals surface area contributed by atoms with Gasteiger partial charge in [-0.15, -0.1) is 0 Å². The van der Waals surface area contributed by atoms with Gasteiger partial charge < -0.3 is 4.74 Å². The predicted molar refractivity (Wildman–Crippen MR) is 111 cm³/mol. The number of hydrogen-bond acceptors (Lipinski definition) is 1. The first kappa shape index (κ1) is 21.7. The van der Waals surface area contributed by atoms with Crippen LogP contribution in [0, 0.1) is 23.4 Å². The number of hydrogen-bond donors (Lipinski definition) is 0. The van der Waals surface area contributed by atoms with Crippen LogP contribution in [0.4, 0.5) is 13.2 Å². The van der Waals surface area contributed by atoms with Gasteiger partial charge in [0.1, 0.15) is 5.82 Å². The normalized spacial score (nSPS) is 19.3. The molecule has 0 aliphatic heterocycles. The summed E-state index contributed by atoms with van der Waals surface area (Å²) >= 11 is 0. The average Bonchev–Trinajstić information content (AvgIpc) is 2.73. The second-order valence-corrected chi connectivity index (χ2v) is 8.15. The summed E-state index contributed by atoms with van der Waals surface area (Å²) in [6.45, 7) is 4.11. The Morgan fingerprint density at radius 2 is 1.66 bits per heavy atom. The van der Waals surface area contributed by atoms with Gasteiger partial charge in [-0.25, -0.2) is 8.78 Å². The molecule has 3 rings (SSSR count). The van der Waals surface area contributed by atoms with Crippen molar-refractivity contribution in [2.24, 2.45) is 5.92 Å². The van der Waals surface area contributed by atoms with Crippen molar-refractivity contribution in [3.63, 3.8) is 0 Å². The fourth-order valence-electron chi connectivity index (χ4n) is 4.48. The van der Waals surface area contributed by atoms with E-state index in [-0.39, 0.29) is 17.5 Å². The van der Waals surface area contributed by atoms with Crippen molar-refractivity contribution in [2.45, 2.75) is 71.1 Å². The summed E-state index contributed by atoms with van der Waals surface area (Å²) in [5.41, 5.74) is 2.31. The first-order valence-electron chi connectivity index (χ1n) is 10.9. The molecule has 1 aliphatic carbocycles. The average molecular weight is 405 g/mol. The Morgan fingerprint density at radius 1 is 0.897 bits per heavy atom. The summed E-state index contributed by atoms with van der Waals surface area (Å²) in [7, 11) is 0. The summed E-state index contributed by atoms with van der Waals surface area (Å²) in [4.78, 5) is 0. The molecular formula is C25H31F3O. The molecule has 0 radical (unpaired) electrons. The molecule has 1 nitrogen and oxygen atoms in total. The van der Waals surface area contributed by atoms with Crippen molar-refractivity contribution in [1.29, 1.82) is 0 Å². The highest BCUT2D eigenvalue weighted by atomic mass is 19.2. The van der Waals surface area contributed by atoms with Gasteiger partial charge in [-0.2, -0.15) is 4.39 Å². The van der Waals surface area contributed by atoms with E-state index >= 15 is 0 Å². The molecule has 0 aromatic heterocycles. The van der Waals surface area contributed by atoms with Gasteiger partial charge in [-0.3, -0.25) is 0 Å². The molecule has 0 bridgehead atoms. The predicted octanol–water partition coefficient (Wildman–Crippen LogP) is 7.36. The summed E-state index contributed by atoms with van der Waals surface area (Å²) in [6.07, 6.45) is 7.31. The zero-order chi connectivity index (χ0) is 20.8. The van der Waals surface area contributed by atoms with Crippen LogP contribution >= 0.6 is 0 Å². The van der Waals surface area contributed by atoms with Crippen LogP contribution in [-0.2, 0) is 12.8 Å². The minimum Gasteiger partial charge on any atom is -0.491 e. The van der Waals surface area contributed by atoms with E-state index in [4.69, 9.17) is 4.74 Å². The van der Waals surface area contributed by atoms with Crippen molar-refractivity contribution in [2.75, 3.05) is 6.61 Å². The first-order chi connectivity index (χ1) is 14.0. The Morgan fingerprint density at radius 3 is 2.31 bits per heavy atom. The van der Waals surface area contributed by atoms with E-state index in [1.165, 1.54) is 0 Å². The van der Waals surface area contributed by atoms with Crippen LogP contribution in [0.3, 0.4) is 0 Å². The van der Waals surface area contributed by atoms with E-state index in [2.05, 4.69) is 6.92 Å². The minimum atomic E-state index is -0.875. The molecule has 4 heteroatoms. The molecule has 0 heterocycles. The lowest BCUT2D eigenvalue weighted by atomic mass is 9.76. The summed E-state index contributed by atoms with van der Waals surface area (Å²) in [6, 6.07) is 8.84. The molecule has 0 atom stereocenters. The third kappa shape index (κ3) is 5.34. The number of aryl methyl sites for hydroxylation is 2. The van der Waals surface area contributed by atoms with Crippen LogP contribution in [0.1, 0.15) is 75.0 Å². The van der Waals surface area contributed by atoms with Crippen molar-refractivity contribution < 1.29 is 17.9 Å². The van der Waals surface area contributed by atoms with Gasteiger partial charge >= 0.3 is 0 Å². The second-order valence-electron chi connectivity index (χ2n) is 8.15. The molecule has 0 saturated heterocycles. The van der Waals surface area contributed by atoms with Crippen molar-refractivity contribution in [3.8, 4) is 5.75 Å². The van der Waals surface area contributed by atoms with E-state index < -0.39 is 11.6 Å². The Kier molecular flexibility index (Phi) is 7.63. The number of benzene rings is 2. The van der Waals surface area contributed by atoms with E-state index in [1.807, 2.05) is 12.1 Å². The lowest BCUT2D eigenvalue weighted by Gasteiger charge is -2.29. The number of rotatable bonds is 8. The second kappa shape index (κ2) is 10.2. The van der Waals surface area contributed by atoms with Gasteiger partial charge in [0.15, 0.2) is 11.6 Å². The van der Waals surface area contributed by atoms with E-state index in [0.717, 1.165) is 62.5 Å². The van der Waals surface area contributed by atoms with Gasteiger partial charge in [0.2, 0.25) is 5.82 Å². The maximum Gasteiger partial charge on any atom is 0.200 e. The number of halogens is 3. The molecule has 2 aromatic carbocycles. The zero-order valence-corrected chi connectivity index (χ0v) is 17.4. The molecule has 1 saturated carbocycles. The first-order valence-corrected chi connectivity index (χ1v) is 10.9. The van der Waals surface area contributed by atoms with E-state index in [0.29, 0.717) is 18.1 Å².